The molecule has 1 aliphatic heterocycles. The number of hydrogen-bond acceptors (Lipinski definition) is 2. The molecule has 1 rings (SSSR count). The van der Waals surface area contributed by atoms with Crippen LogP contribution in [-0.4, -0.2) is 25.5 Å². The van der Waals surface area contributed by atoms with Gasteiger partial charge in [-0.3, -0.25) is 0 Å². The van der Waals surface area contributed by atoms with Crippen LogP contribution in [0.3, 0.4) is 0 Å². The Morgan fingerprint density at radius 2 is 2.62 bits per heavy atom. The molecule has 0 bridgehead atoms. The Hall–Kier alpha value is -0.0151. The van der Waals surface area contributed by atoms with Crippen LogP contribution in [0, 0.1) is 0 Å². The van der Waals surface area contributed by atoms with E-state index in [1.165, 1.54) is 12.7 Å². The average Bonchev–Trinajstić information content (AvgIpc) is 2.19. The summed E-state index contributed by atoms with van der Waals surface area (Å²) >= 11 is 0. The third kappa shape index (κ3) is 1.49. The van der Waals surface area contributed by atoms with E-state index in [1.54, 1.807) is 0 Å². The predicted octanol–water partition coefficient (Wildman–Crippen LogP) is 0.413. The molecule has 0 N–H and O–H groups in total. The van der Waals surface area contributed by atoms with Crippen molar-refractivity contribution in [2.75, 3.05) is 13.2 Å². The van der Waals surface area contributed by atoms with Gasteiger partial charge in [-0.1, -0.05) is 6.92 Å². The van der Waals surface area contributed by atoms with Gasteiger partial charge in [-0.05, 0) is 12.7 Å². The molecule has 8 heavy (non-hydrogen) atoms. The van der Waals surface area contributed by atoms with Crippen LogP contribution < -0.4 is 0 Å². The van der Waals surface area contributed by atoms with E-state index in [2.05, 4.69) is 6.92 Å². The smallest absolute Gasteiger partial charge is 0.241 e. The Labute approximate surface area is 51.0 Å². The largest absolute Gasteiger partial charge is 0.312 e. The standard InChI is InChI=1S/C5H12BNO/c1-2-4-7-6-3-5-8-7/h6H,2-5H2,1H3. The number of rotatable bonds is 2. The monoisotopic (exact) mass is 113 g/mol. The molecule has 1 aliphatic rings. The van der Waals surface area contributed by atoms with Crippen LogP contribution >= 0.6 is 0 Å². The van der Waals surface area contributed by atoms with Gasteiger partial charge in [0, 0.05) is 6.54 Å². The minimum Gasteiger partial charge on any atom is -0.312 e. The lowest BCUT2D eigenvalue weighted by Gasteiger charge is -2.10. The topological polar surface area (TPSA) is 12.5 Å². The number of hydroxylamine groups is 1. The summed E-state index contributed by atoms with van der Waals surface area (Å²) in [4.78, 5) is 7.27. The highest BCUT2D eigenvalue weighted by Gasteiger charge is 2.11. The normalized spacial score (nSPS) is 21.1. The molecule has 2 nitrogen and oxygen atoms in total. The summed E-state index contributed by atoms with van der Waals surface area (Å²) in [6.45, 7) is 4.20. The van der Waals surface area contributed by atoms with Gasteiger partial charge < -0.3 is 4.84 Å². The van der Waals surface area contributed by atoms with Crippen molar-refractivity contribution in [2.24, 2.45) is 0 Å². The van der Waals surface area contributed by atoms with E-state index in [0.29, 0.717) is 0 Å². The highest BCUT2D eigenvalue weighted by atomic mass is 16.7. The fourth-order valence-electron chi connectivity index (χ4n) is 0.925. The highest BCUT2D eigenvalue weighted by molar-refractivity contribution is 6.32. The van der Waals surface area contributed by atoms with Gasteiger partial charge in [0.25, 0.3) is 0 Å². The van der Waals surface area contributed by atoms with Crippen LogP contribution in [-0.2, 0) is 4.84 Å². The SMILES string of the molecule is CCCN1BCCO1. The molecular formula is C5H12BNO. The van der Waals surface area contributed by atoms with Gasteiger partial charge in [-0.25, -0.2) is 4.97 Å². The Morgan fingerprint density at radius 3 is 3.12 bits per heavy atom. The fourth-order valence-corrected chi connectivity index (χ4v) is 0.925. The lowest BCUT2D eigenvalue weighted by molar-refractivity contribution is -0.0599. The first-order chi connectivity index (χ1) is 3.93. The summed E-state index contributed by atoms with van der Waals surface area (Å²) in [6, 6.07) is 0. The molecule has 1 saturated heterocycles. The Balaban J connectivity index is 2.06. The van der Waals surface area contributed by atoms with Crippen molar-refractivity contribution in [1.82, 2.24) is 4.97 Å². The van der Waals surface area contributed by atoms with Gasteiger partial charge in [0.05, 0.1) is 6.61 Å². The molecule has 1 fully saturated rings. The van der Waals surface area contributed by atoms with Gasteiger partial charge in [-0.15, -0.1) is 0 Å². The van der Waals surface area contributed by atoms with Crippen LogP contribution in [0.15, 0.2) is 0 Å². The molecule has 0 aromatic carbocycles. The van der Waals surface area contributed by atoms with Crippen molar-refractivity contribution in [1.29, 1.82) is 0 Å². The third-order valence-corrected chi connectivity index (χ3v) is 1.30. The Morgan fingerprint density at radius 1 is 1.75 bits per heavy atom. The summed E-state index contributed by atoms with van der Waals surface area (Å²) in [5.41, 5.74) is 0. The van der Waals surface area contributed by atoms with Gasteiger partial charge >= 0.3 is 0 Å². The van der Waals surface area contributed by atoms with E-state index in [0.717, 1.165) is 20.6 Å². The van der Waals surface area contributed by atoms with Crippen molar-refractivity contribution in [2.45, 2.75) is 19.7 Å². The second kappa shape index (κ2) is 3.10. The van der Waals surface area contributed by atoms with Crippen LogP contribution in [0.5, 0.6) is 0 Å². The molecule has 0 spiro atoms. The molecule has 1 heterocycles. The van der Waals surface area contributed by atoms with Crippen molar-refractivity contribution >= 4 is 7.41 Å². The molecule has 0 saturated carbocycles. The zero-order valence-corrected chi connectivity index (χ0v) is 5.39. The highest BCUT2D eigenvalue weighted by Crippen LogP contribution is 2.01. The van der Waals surface area contributed by atoms with Crippen LogP contribution in [0.4, 0.5) is 0 Å². The van der Waals surface area contributed by atoms with Crippen molar-refractivity contribution in [3.8, 4) is 0 Å². The quantitative estimate of drug-likeness (QED) is 0.481. The predicted molar refractivity (Wildman–Crippen MR) is 34.9 cm³/mol. The van der Waals surface area contributed by atoms with Crippen LogP contribution in [0.2, 0.25) is 6.32 Å². The van der Waals surface area contributed by atoms with Crippen molar-refractivity contribution < 1.29 is 4.84 Å². The van der Waals surface area contributed by atoms with Gasteiger partial charge in [-0.2, -0.15) is 0 Å². The minimum absolute atomic E-state index is 0.931. The number of hydrogen-bond donors (Lipinski definition) is 0. The second-order valence-corrected chi connectivity index (χ2v) is 2.12. The first-order valence-electron chi connectivity index (χ1n) is 3.31. The zero-order valence-electron chi connectivity index (χ0n) is 5.39. The van der Waals surface area contributed by atoms with Gasteiger partial charge in [0.1, 0.15) is 0 Å². The molecular weight excluding hydrogens is 101 g/mol. The zero-order chi connectivity index (χ0) is 5.82. The Kier molecular flexibility index (Phi) is 2.37. The van der Waals surface area contributed by atoms with E-state index in [1.807, 2.05) is 4.97 Å². The average molecular weight is 113 g/mol. The van der Waals surface area contributed by atoms with E-state index < -0.39 is 0 Å². The fraction of sp³-hybridized carbons (Fsp3) is 1.00. The minimum atomic E-state index is 0.931. The van der Waals surface area contributed by atoms with Crippen molar-refractivity contribution in [3.05, 3.63) is 0 Å². The second-order valence-electron chi connectivity index (χ2n) is 2.12. The third-order valence-electron chi connectivity index (χ3n) is 1.30. The van der Waals surface area contributed by atoms with Crippen molar-refractivity contribution in [3.63, 3.8) is 0 Å². The van der Waals surface area contributed by atoms with Crippen LogP contribution in [0.1, 0.15) is 13.3 Å². The molecule has 0 aromatic rings. The molecule has 0 aromatic heterocycles. The summed E-state index contributed by atoms with van der Waals surface area (Å²) in [5, 5.41) is 0. The van der Waals surface area contributed by atoms with E-state index in [-0.39, 0.29) is 0 Å². The molecule has 0 radical (unpaired) electrons. The maximum atomic E-state index is 5.23. The van der Waals surface area contributed by atoms with Gasteiger partial charge in [0.15, 0.2) is 0 Å². The summed E-state index contributed by atoms with van der Waals surface area (Å²) in [5.74, 6) is 0. The first kappa shape index (κ1) is 6.11. The molecule has 46 valence electrons. The summed E-state index contributed by atoms with van der Waals surface area (Å²) < 4.78 is 0. The summed E-state index contributed by atoms with van der Waals surface area (Å²) in [7, 11) is 1.13. The maximum Gasteiger partial charge on any atom is 0.241 e. The summed E-state index contributed by atoms with van der Waals surface area (Å²) in [6.07, 6.45) is 2.40. The van der Waals surface area contributed by atoms with Gasteiger partial charge in [0.2, 0.25) is 7.41 Å². The van der Waals surface area contributed by atoms with E-state index >= 15 is 0 Å². The molecule has 0 atom stereocenters. The lowest BCUT2D eigenvalue weighted by atomic mass is 9.91. The molecule has 0 aliphatic carbocycles. The lowest BCUT2D eigenvalue weighted by Crippen LogP contribution is -2.20. The number of nitrogens with zero attached hydrogens (tertiary/aromatic N) is 1. The first-order valence-corrected chi connectivity index (χ1v) is 3.31. The molecule has 3 heteroatoms. The molecule has 0 amide bonds. The maximum absolute atomic E-state index is 5.23. The van der Waals surface area contributed by atoms with E-state index in [9.17, 15) is 0 Å². The Bertz CT molecular complexity index is 63.4. The van der Waals surface area contributed by atoms with Crippen LogP contribution in [0.25, 0.3) is 0 Å². The molecule has 0 unspecified atom stereocenters. The van der Waals surface area contributed by atoms with E-state index in [4.69, 9.17) is 4.84 Å².